The summed E-state index contributed by atoms with van der Waals surface area (Å²) in [4.78, 5) is 1.24. The van der Waals surface area contributed by atoms with E-state index >= 15 is 0 Å². The Morgan fingerprint density at radius 3 is 2.48 bits per heavy atom. The van der Waals surface area contributed by atoms with Crippen LogP contribution >= 0.6 is 27.3 Å². The highest BCUT2D eigenvalue weighted by molar-refractivity contribution is 9.10. The predicted octanol–water partition coefficient (Wildman–Crippen LogP) is 5.52. The minimum atomic E-state index is 0.293. The molecule has 4 heteroatoms. The molecule has 0 amide bonds. The molecule has 1 aliphatic rings. The monoisotopic (exact) mass is 382 g/mol. The summed E-state index contributed by atoms with van der Waals surface area (Å²) in [6.07, 6.45) is 0. The maximum Gasteiger partial charge on any atom is 0.0874 e. The zero-order valence-electron chi connectivity index (χ0n) is 12.4. The number of anilines is 1. The second-order valence-electron chi connectivity index (χ2n) is 5.46. The normalized spacial score (nSPS) is 17.3. The number of benzene rings is 2. The first kappa shape index (κ1) is 14.7. The molecule has 0 bridgehead atoms. The van der Waals surface area contributed by atoms with Gasteiger partial charge < -0.3 is 0 Å². The van der Waals surface area contributed by atoms with Gasteiger partial charge in [0, 0.05) is 10.4 Å². The number of para-hydroxylation sites is 1. The summed E-state index contributed by atoms with van der Waals surface area (Å²) in [6, 6.07) is 23.1. The van der Waals surface area contributed by atoms with Crippen LogP contribution in [0.2, 0.25) is 0 Å². The van der Waals surface area contributed by atoms with Crippen LogP contribution in [0.25, 0.3) is 0 Å². The molecule has 23 heavy (non-hydrogen) atoms. The van der Waals surface area contributed by atoms with Gasteiger partial charge in [0.25, 0.3) is 0 Å². The summed E-state index contributed by atoms with van der Waals surface area (Å²) >= 11 is 5.39. The molecule has 2 aromatic carbocycles. The first-order valence-electron chi connectivity index (χ1n) is 7.52. The third-order valence-electron chi connectivity index (χ3n) is 4.02. The minimum Gasteiger partial charge on any atom is -0.263 e. The minimum absolute atomic E-state index is 0.293. The van der Waals surface area contributed by atoms with Gasteiger partial charge in [-0.1, -0.05) is 48.5 Å². The largest absolute Gasteiger partial charge is 0.263 e. The van der Waals surface area contributed by atoms with E-state index in [2.05, 4.69) is 87.0 Å². The Morgan fingerprint density at radius 2 is 1.74 bits per heavy atom. The molecule has 0 aliphatic carbocycles. The van der Waals surface area contributed by atoms with Crippen LogP contribution < -0.4 is 5.01 Å². The summed E-state index contributed by atoms with van der Waals surface area (Å²) in [5.74, 6) is 0.293. The van der Waals surface area contributed by atoms with Gasteiger partial charge in [-0.3, -0.25) is 5.01 Å². The van der Waals surface area contributed by atoms with Crippen molar-refractivity contribution in [2.45, 2.75) is 5.92 Å². The third kappa shape index (κ3) is 2.84. The topological polar surface area (TPSA) is 15.6 Å². The second-order valence-corrected chi connectivity index (χ2v) is 7.26. The van der Waals surface area contributed by atoms with Crippen LogP contribution in [0.5, 0.6) is 0 Å². The lowest BCUT2D eigenvalue weighted by Crippen LogP contribution is -2.18. The third-order valence-corrected chi connectivity index (χ3v) is 5.58. The van der Waals surface area contributed by atoms with Crippen LogP contribution in [0.4, 0.5) is 5.69 Å². The molecule has 3 aromatic rings. The Balaban J connectivity index is 1.77. The molecule has 2 nitrogen and oxygen atoms in total. The standard InChI is InChI=1S/C19H15BrN2S/c20-16-9-4-5-10-17(16)22-13-15(14-7-2-1-3-8-14)19(21-22)18-11-6-12-23-18/h1-12,15H,13H2/t15-/m0/s1. The highest BCUT2D eigenvalue weighted by Crippen LogP contribution is 2.35. The fourth-order valence-electron chi connectivity index (χ4n) is 2.91. The molecule has 1 aromatic heterocycles. The number of thiophene rings is 1. The highest BCUT2D eigenvalue weighted by Gasteiger charge is 2.30. The average Bonchev–Trinajstić information content (AvgIpc) is 3.25. The summed E-state index contributed by atoms with van der Waals surface area (Å²) in [5, 5.41) is 9.17. The second kappa shape index (κ2) is 6.30. The van der Waals surface area contributed by atoms with E-state index in [4.69, 9.17) is 5.10 Å². The molecule has 0 N–H and O–H groups in total. The number of hydrogen-bond donors (Lipinski definition) is 0. The number of halogens is 1. The molecule has 0 saturated heterocycles. The van der Waals surface area contributed by atoms with Crippen LogP contribution in [-0.2, 0) is 0 Å². The summed E-state index contributed by atoms with van der Waals surface area (Å²) in [6.45, 7) is 0.861. The molecule has 0 fully saturated rings. The molecular formula is C19H15BrN2S. The van der Waals surface area contributed by atoms with E-state index in [1.165, 1.54) is 10.4 Å². The van der Waals surface area contributed by atoms with Crippen LogP contribution in [0.1, 0.15) is 16.4 Å². The van der Waals surface area contributed by atoms with Gasteiger partial charge in [-0.05, 0) is 45.1 Å². The van der Waals surface area contributed by atoms with Gasteiger partial charge in [0.1, 0.15) is 0 Å². The van der Waals surface area contributed by atoms with Crippen molar-refractivity contribution in [3.8, 4) is 0 Å². The van der Waals surface area contributed by atoms with E-state index in [1.54, 1.807) is 11.3 Å². The fourth-order valence-corrected chi connectivity index (χ4v) is 4.16. The van der Waals surface area contributed by atoms with Crippen LogP contribution in [-0.4, -0.2) is 12.3 Å². The number of hydrazone groups is 1. The van der Waals surface area contributed by atoms with Crippen molar-refractivity contribution >= 4 is 38.7 Å². The summed E-state index contributed by atoms with van der Waals surface area (Å²) in [5.41, 5.74) is 3.58. The Morgan fingerprint density at radius 1 is 0.957 bits per heavy atom. The van der Waals surface area contributed by atoms with Crippen molar-refractivity contribution in [2.24, 2.45) is 5.10 Å². The predicted molar refractivity (Wildman–Crippen MR) is 102 cm³/mol. The molecule has 0 unspecified atom stereocenters. The Bertz CT molecular complexity index is 828. The molecule has 4 rings (SSSR count). The SMILES string of the molecule is Brc1ccccc1N1C[C@@H](c2ccccc2)C(c2cccs2)=N1. The van der Waals surface area contributed by atoms with Crippen molar-refractivity contribution < 1.29 is 0 Å². The molecular weight excluding hydrogens is 368 g/mol. The Hall–Kier alpha value is -1.91. The lowest BCUT2D eigenvalue weighted by atomic mass is 9.94. The quantitative estimate of drug-likeness (QED) is 0.582. The summed E-state index contributed by atoms with van der Waals surface area (Å²) in [7, 11) is 0. The highest BCUT2D eigenvalue weighted by atomic mass is 79.9. The zero-order chi connectivity index (χ0) is 15.6. The molecule has 1 aliphatic heterocycles. The van der Waals surface area contributed by atoms with Crippen molar-refractivity contribution in [2.75, 3.05) is 11.6 Å². The molecule has 2 heterocycles. The van der Waals surface area contributed by atoms with E-state index in [0.717, 1.165) is 22.4 Å². The molecule has 0 saturated carbocycles. The lowest BCUT2D eigenvalue weighted by Gasteiger charge is -2.17. The van der Waals surface area contributed by atoms with Gasteiger partial charge in [-0.2, -0.15) is 5.10 Å². The van der Waals surface area contributed by atoms with Crippen LogP contribution in [0.15, 0.2) is 81.7 Å². The van der Waals surface area contributed by atoms with Gasteiger partial charge in [0.2, 0.25) is 0 Å². The average molecular weight is 383 g/mol. The van der Waals surface area contributed by atoms with Gasteiger partial charge in [0.15, 0.2) is 0 Å². The molecule has 114 valence electrons. The first-order chi connectivity index (χ1) is 11.3. The lowest BCUT2D eigenvalue weighted by molar-refractivity contribution is 0.849. The Labute approximate surface area is 148 Å². The first-order valence-corrected chi connectivity index (χ1v) is 9.19. The van der Waals surface area contributed by atoms with Crippen LogP contribution in [0.3, 0.4) is 0 Å². The van der Waals surface area contributed by atoms with E-state index in [-0.39, 0.29) is 0 Å². The van der Waals surface area contributed by atoms with Gasteiger partial charge in [0.05, 0.1) is 22.8 Å². The molecule has 1 atom stereocenters. The molecule has 0 radical (unpaired) electrons. The number of nitrogens with zero attached hydrogens (tertiary/aromatic N) is 2. The van der Waals surface area contributed by atoms with Crippen LogP contribution in [0, 0.1) is 0 Å². The van der Waals surface area contributed by atoms with Crippen molar-refractivity contribution in [1.29, 1.82) is 0 Å². The fraction of sp³-hybridized carbons (Fsp3) is 0.105. The van der Waals surface area contributed by atoms with Crippen molar-refractivity contribution in [3.05, 3.63) is 87.0 Å². The van der Waals surface area contributed by atoms with Crippen molar-refractivity contribution in [1.82, 2.24) is 0 Å². The molecule has 0 spiro atoms. The maximum absolute atomic E-state index is 4.95. The van der Waals surface area contributed by atoms with Gasteiger partial charge in [-0.15, -0.1) is 11.3 Å². The van der Waals surface area contributed by atoms with E-state index in [0.29, 0.717) is 5.92 Å². The smallest absolute Gasteiger partial charge is 0.0874 e. The Kier molecular flexibility index (Phi) is 4.02. The summed E-state index contributed by atoms with van der Waals surface area (Å²) < 4.78 is 1.07. The van der Waals surface area contributed by atoms with E-state index < -0.39 is 0 Å². The van der Waals surface area contributed by atoms with Crippen molar-refractivity contribution in [3.63, 3.8) is 0 Å². The van der Waals surface area contributed by atoms with E-state index in [1.807, 2.05) is 6.07 Å². The maximum atomic E-state index is 4.95. The number of hydrogen-bond acceptors (Lipinski definition) is 3. The van der Waals surface area contributed by atoms with Gasteiger partial charge in [-0.25, -0.2) is 0 Å². The zero-order valence-corrected chi connectivity index (χ0v) is 14.8. The van der Waals surface area contributed by atoms with Gasteiger partial charge >= 0.3 is 0 Å². The van der Waals surface area contributed by atoms with E-state index in [9.17, 15) is 0 Å². The number of rotatable bonds is 3.